The minimum Gasteiger partial charge on any atom is -0.495 e. The highest BCUT2D eigenvalue weighted by Gasteiger charge is 2.19. The molecule has 0 radical (unpaired) electrons. The number of halogens is 1. The fraction of sp³-hybridized carbons (Fsp3) is 0.143. The van der Waals surface area contributed by atoms with Gasteiger partial charge in [0.25, 0.3) is 0 Å². The average molecular weight is 310 g/mol. The lowest BCUT2D eigenvalue weighted by Crippen LogP contribution is -2.23. The van der Waals surface area contributed by atoms with Crippen LogP contribution < -0.4 is 15.2 Å². The molecular weight excluding hydrogens is 295 g/mol. The third kappa shape index (κ3) is 3.71. The van der Waals surface area contributed by atoms with Gasteiger partial charge in [-0.1, -0.05) is 12.1 Å². The second-order valence-corrected chi connectivity index (χ2v) is 6.10. The molecule has 2 aromatic rings. The molecule has 0 amide bonds. The zero-order chi connectivity index (χ0) is 15.5. The van der Waals surface area contributed by atoms with Crippen LogP contribution in [0.4, 0.5) is 10.1 Å². The third-order valence-electron chi connectivity index (χ3n) is 2.83. The summed E-state index contributed by atoms with van der Waals surface area (Å²) < 4.78 is 45.0. The molecule has 5 nitrogen and oxygen atoms in total. The highest BCUT2D eigenvalue weighted by molar-refractivity contribution is 7.89. The first-order valence-electron chi connectivity index (χ1n) is 6.10. The number of hydrogen-bond donors (Lipinski definition) is 2. The van der Waals surface area contributed by atoms with E-state index in [1.807, 2.05) is 0 Å². The molecule has 2 rings (SSSR count). The standard InChI is InChI=1S/C14H15FN2O3S/c1-20-13-8-12(16)5-6-14(13)21(18,19)17-9-10-3-2-4-11(15)7-10/h2-8,17H,9,16H2,1H3. The van der Waals surface area contributed by atoms with Gasteiger partial charge in [-0.25, -0.2) is 17.5 Å². The summed E-state index contributed by atoms with van der Waals surface area (Å²) in [4.78, 5) is -0.0180. The smallest absolute Gasteiger partial charge is 0.244 e. The van der Waals surface area contributed by atoms with Crippen LogP contribution in [-0.2, 0) is 16.6 Å². The number of benzene rings is 2. The number of sulfonamides is 1. The van der Waals surface area contributed by atoms with Crippen LogP contribution >= 0.6 is 0 Å². The SMILES string of the molecule is COc1cc(N)ccc1S(=O)(=O)NCc1cccc(F)c1. The van der Waals surface area contributed by atoms with Crippen LogP contribution in [0.15, 0.2) is 47.4 Å². The van der Waals surface area contributed by atoms with Gasteiger partial charge in [-0.15, -0.1) is 0 Å². The maximum absolute atomic E-state index is 13.1. The molecule has 0 aliphatic rings. The third-order valence-corrected chi connectivity index (χ3v) is 4.27. The van der Waals surface area contributed by atoms with Crippen molar-refractivity contribution in [2.24, 2.45) is 0 Å². The molecule has 0 bridgehead atoms. The van der Waals surface area contributed by atoms with E-state index in [1.165, 1.54) is 43.5 Å². The number of anilines is 1. The highest BCUT2D eigenvalue weighted by atomic mass is 32.2. The highest BCUT2D eigenvalue weighted by Crippen LogP contribution is 2.25. The van der Waals surface area contributed by atoms with Gasteiger partial charge >= 0.3 is 0 Å². The first-order chi connectivity index (χ1) is 9.92. The zero-order valence-corrected chi connectivity index (χ0v) is 12.2. The number of methoxy groups -OCH3 is 1. The van der Waals surface area contributed by atoms with Gasteiger partial charge in [0.05, 0.1) is 7.11 Å². The maximum Gasteiger partial charge on any atom is 0.244 e. The number of nitrogens with two attached hydrogens (primary N) is 1. The van der Waals surface area contributed by atoms with Crippen molar-refractivity contribution in [1.82, 2.24) is 4.72 Å². The minimum atomic E-state index is -3.78. The predicted molar refractivity (Wildman–Crippen MR) is 77.8 cm³/mol. The largest absolute Gasteiger partial charge is 0.495 e. The summed E-state index contributed by atoms with van der Waals surface area (Å²) in [5.74, 6) is -0.265. The van der Waals surface area contributed by atoms with Gasteiger partial charge in [-0.2, -0.15) is 0 Å². The molecular formula is C14H15FN2O3S. The zero-order valence-electron chi connectivity index (χ0n) is 11.3. The van der Waals surface area contributed by atoms with Crippen LogP contribution in [0.1, 0.15) is 5.56 Å². The molecule has 0 saturated heterocycles. The number of rotatable bonds is 5. The summed E-state index contributed by atoms with van der Waals surface area (Å²) in [6.45, 7) is -0.0202. The Kier molecular flexibility index (Phi) is 4.44. The van der Waals surface area contributed by atoms with Crippen molar-refractivity contribution in [3.05, 3.63) is 53.8 Å². The molecule has 112 valence electrons. The maximum atomic E-state index is 13.1. The predicted octanol–water partition coefficient (Wildman–Crippen LogP) is 1.90. The van der Waals surface area contributed by atoms with E-state index in [0.29, 0.717) is 11.3 Å². The lowest BCUT2D eigenvalue weighted by molar-refractivity contribution is 0.402. The topological polar surface area (TPSA) is 81.4 Å². The van der Waals surface area contributed by atoms with Crippen molar-refractivity contribution in [2.75, 3.05) is 12.8 Å². The van der Waals surface area contributed by atoms with Crippen LogP contribution in [0.25, 0.3) is 0 Å². The van der Waals surface area contributed by atoms with Crippen molar-refractivity contribution >= 4 is 15.7 Å². The van der Waals surface area contributed by atoms with E-state index in [0.717, 1.165) is 0 Å². The van der Waals surface area contributed by atoms with E-state index in [9.17, 15) is 12.8 Å². The summed E-state index contributed by atoms with van der Waals surface area (Å²) in [7, 11) is -2.42. The molecule has 0 aliphatic carbocycles. The van der Waals surface area contributed by atoms with E-state index in [-0.39, 0.29) is 17.2 Å². The fourth-order valence-corrected chi connectivity index (χ4v) is 2.98. The number of hydrogen-bond acceptors (Lipinski definition) is 4. The lowest BCUT2D eigenvalue weighted by atomic mass is 10.2. The summed E-state index contributed by atoms with van der Waals surface area (Å²) in [6.07, 6.45) is 0. The summed E-state index contributed by atoms with van der Waals surface area (Å²) in [5, 5.41) is 0. The van der Waals surface area contributed by atoms with E-state index >= 15 is 0 Å². The van der Waals surface area contributed by atoms with Crippen molar-refractivity contribution in [2.45, 2.75) is 11.4 Å². The summed E-state index contributed by atoms with van der Waals surface area (Å²) >= 11 is 0. The van der Waals surface area contributed by atoms with Gasteiger partial charge in [-0.3, -0.25) is 0 Å². The molecule has 3 N–H and O–H groups in total. The Labute approximate surface area is 122 Å². The van der Waals surface area contributed by atoms with Crippen molar-refractivity contribution < 1.29 is 17.5 Å². The summed E-state index contributed by atoms with van der Waals surface area (Å²) in [6, 6.07) is 9.97. The molecule has 0 aliphatic heterocycles. The van der Waals surface area contributed by atoms with Crippen LogP contribution in [0.5, 0.6) is 5.75 Å². The Balaban J connectivity index is 2.23. The number of ether oxygens (including phenoxy) is 1. The average Bonchev–Trinajstić information content (AvgIpc) is 2.45. The molecule has 0 heterocycles. The molecule has 0 aromatic heterocycles. The van der Waals surface area contributed by atoms with Crippen LogP contribution in [0.3, 0.4) is 0 Å². The van der Waals surface area contributed by atoms with Crippen molar-refractivity contribution in [1.29, 1.82) is 0 Å². The summed E-state index contributed by atoms with van der Waals surface area (Å²) in [5.41, 5.74) is 6.51. The normalized spacial score (nSPS) is 11.3. The molecule has 0 spiro atoms. The van der Waals surface area contributed by atoms with E-state index in [2.05, 4.69) is 4.72 Å². The monoisotopic (exact) mass is 310 g/mol. The van der Waals surface area contributed by atoms with Crippen molar-refractivity contribution in [3.63, 3.8) is 0 Å². The van der Waals surface area contributed by atoms with Gasteiger partial charge in [0.1, 0.15) is 16.5 Å². The first-order valence-corrected chi connectivity index (χ1v) is 7.58. The van der Waals surface area contributed by atoms with Gasteiger partial charge < -0.3 is 10.5 Å². The molecule has 2 aromatic carbocycles. The Morgan fingerprint density at radius 3 is 2.67 bits per heavy atom. The van der Waals surface area contributed by atoms with Crippen LogP contribution in [0.2, 0.25) is 0 Å². The van der Waals surface area contributed by atoms with E-state index in [1.54, 1.807) is 6.07 Å². The quantitative estimate of drug-likeness (QED) is 0.826. The van der Waals surface area contributed by atoms with Gasteiger partial charge in [0.15, 0.2) is 0 Å². The Morgan fingerprint density at radius 1 is 1.24 bits per heavy atom. The molecule has 0 saturated carbocycles. The Morgan fingerprint density at radius 2 is 2.00 bits per heavy atom. The second-order valence-electron chi connectivity index (χ2n) is 4.36. The van der Waals surface area contributed by atoms with Gasteiger partial charge in [0, 0.05) is 18.3 Å². The molecule has 0 fully saturated rings. The Hall–Kier alpha value is -2.12. The number of nitrogens with one attached hydrogen (secondary N) is 1. The Bertz CT molecular complexity index is 748. The van der Waals surface area contributed by atoms with Gasteiger partial charge in [-0.05, 0) is 29.8 Å². The molecule has 21 heavy (non-hydrogen) atoms. The molecule has 7 heteroatoms. The fourth-order valence-electron chi connectivity index (χ4n) is 1.81. The minimum absolute atomic E-state index is 0.0180. The van der Waals surface area contributed by atoms with E-state index in [4.69, 9.17) is 10.5 Å². The van der Waals surface area contributed by atoms with Crippen LogP contribution in [0, 0.1) is 5.82 Å². The van der Waals surface area contributed by atoms with Gasteiger partial charge in [0.2, 0.25) is 10.0 Å². The molecule has 0 unspecified atom stereocenters. The van der Waals surface area contributed by atoms with Crippen LogP contribution in [-0.4, -0.2) is 15.5 Å². The van der Waals surface area contributed by atoms with E-state index < -0.39 is 15.8 Å². The molecule has 0 atom stereocenters. The number of nitrogen functional groups attached to an aromatic ring is 1. The van der Waals surface area contributed by atoms with Crippen molar-refractivity contribution in [3.8, 4) is 5.75 Å². The first kappa shape index (κ1) is 15.3. The second kappa shape index (κ2) is 6.11. The lowest BCUT2D eigenvalue weighted by Gasteiger charge is -2.11.